The number of hydrogen-bond acceptors (Lipinski definition) is 4. The lowest BCUT2D eigenvalue weighted by molar-refractivity contribution is -0.384. The number of halogens is 4. The van der Waals surface area contributed by atoms with E-state index in [9.17, 15) is 23.3 Å². The zero-order valence-corrected chi connectivity index (χ0v) is 18.0. The topological polar surface area (TPSA) is 72.5 Å². The normalized spacial score (nSPS) is 11.8. The van der Waals surface area contributed by atoms with E-state index in [1.54, 1.807) is 0 Å². The monoisotopic (exact) mass is 528 g/mol. The maximum atomic E-state index is 12.8. The summed E-state index contributed by atoms with van der Waals surface area (Å²) in [7, 11) is 0. The molecule has 0 bridgehead atoms. The molecule has 10 heteroatoms. The molecule has 0 radical (unpaired) electrons. The van der Waals surface area contributed by atoms with Gasteiger partial charge in [-0.25, -0.2) is 0 Å². The van der Waals surface area contributed by atoms with Crippen molar-refractivity contribution in [3.05, 3.63) is 84.7 Å². The van der Waals surface area contributed by atoms with Crippen LogP contribution in [0.5, 0.6) is 0 Å². The van der Waals surface area contributed by atoms with Gasteiger partial charge in [0.15, 0.2) is 0 Å². The second-order valence-electron chi connectivity index (χ2n) is 6.50. The first kappa shape index (κ1) is 21.8. The second kappa shape index (κ2) is 8.46. The third kappa shape index (κ3) is 4.64. The van der Waals surface area contributed by atoms with E-state index in [2.05, 4.69) is 33.1 Å². The number of nitro benzene ring substituents is 1. The van der Waals surface area contributed by atoms with Crippen molar-refractivity contribution in [2.45, 2.75) is 20.0 Å². The number of rotatable bonds is 5. The number of nitrogens with one attached hydrogen (secondary N) is 1. The molecule has 0 saturated carbocycles. The molecule has 0 aliphatic rings. The number of anilines is 1. The molecule has 0 amide bonds. The molecule has 0 aliphatic carbocycles. The van der Waals surface area contributed by atoms with E-state index < -0.39 is 22.4 Å². The molecule has 0 spiro atoms. The smallest absolute Gasteiger partial charge is 0.318 e. The summed E-state index contributed by atoms with van der Waals surface area (Å²) < 4.78 is 41.6. The summed E-state index contributed by atoms with van der Waals surface area (Å²) in [6.45, 7) is 3.85. The SMILES string of the molecule is Cc1cc(/C=N\Nc2ccc(C(F)(F)F)cc2[N+](=O)[O-])c(C)n1-c1ccc(I)cc1. The quantitative estimate of drug-likeness (QED) is 0.189. The Labute approximate surface area is 183 Å². The zero-order valence-electron chi connectivity index (χ0n) is 15.9. The van der Waals surface area contributed by atoms with Crippen molar-refractivity contribution in [1.29, 1.82) is 0 Å². The van der Waals surface area contributed by atoms with Crippen LogP contribution < -0.4 is 5.43 Å². The summed E-state index contributed by atoms with van der Waals surface area (Å²) in [6.07, 6.45) is -3.19. The van der Waals surface area contributed by atoms with Gasteiger partial charge in [-0.05, 0) is 78.9 Å². The van der Waals surface area contributed by atoms with Crippen LogP contribution >= 0.6 is 22.6 Å². The van der Waals surface area contributed by atoms with Crippen molar-refractivity contribution in [3.8, 4) is 5.69 Å². The van der Waals surface area contributed by atoms with Gasteiger partial charge in [0.05, 0.1) is 16.7 Å². The summed E-state index contributed by atoms with van der Waals surface area (Å²) >= 11 is 2.23. The fraction of sp³-hybridized carbons (Fsp3) is 0.150. The number of nitro groups is 1. The van der Waals surface area contributed by atoms with E-state index in [0.29, 0.717) is 6.07 Å². The molecule has 0 aliphatic heterocycles. The fourth-order valence-electron chi connectivity index (χ4n) is 3.03. The van der Waals surface area contributed by atoms with Gasteiger partial charge in [0, 0.05) is 32.3 Å². The highest BCUT2D eigenvalue weighted by molar-refractivity contribution is 14.1. The van der Waals surface area contributed by atoms with E-state index >= 15 is 0 Å². The Morgan fingerprint density at radius 2 is 1.80 bits per heavy atom. The number of aryl methyl sites for hydroxylation is 1. The number of aromatic nitrogens is 1. The third-order valence-electron chi connectivity index (χ3n) is 4.47. The van der Waals surface area contributed by atoms with Gasteiger partial charge < -0.3 is 4.57 Å². The minimum atomic E-state index is -4.67. The molecule has 1 N–H and O–H groups in total. The molecular weight excluding hydrogens is 512 g/mol. The highest BCUT2D eigenvalue weighted by Crippen LogP contribution is 2.35. The molecule has 156 valence electrons. The van der Waals surface area contributed by atoms with Gasteiger partial charge in [-0.3, -0.25) is 15.5 Å². The fourth-order valence-corrected chi connectivity index (χ4v) is 3.39. The van der Waals surface area contributed by atoms with Crippen LogP contribution in [0.3, 0.4) is 0 Å². The summed E-state index contributed by atoms with van der Waals surface area (Å²) in [4.78, 5) is 10.3. The molecule has 0 saturated heterocycles. The summed E-state index contributed by atoms with van der Waals surface area (Å²) in [5, 5.41) is 15.2. The molecular formula is C20H16F3IN4O2. The molecule has 2 aromatic carbocycles. The lowest BCUT2D eigenvalue weighted by Gasteiger charge is -2.09. The van der Waals surface area contributed by atoms with Gasteiger partial charge in [0.1, 0.15) is 5.69 Å². The first-order chi connectivity index (χ1) is 14.1. The van der Waals surface area contributed by atoms with Crippen LogP contribution in [0.4, 0.5) is 24.5 Å². The van der Waals surface area contributed by atoms with Crippen LogP contribution in [0.1, 0.15) is 22.5 Å². The Morgan fingerprint density at radius 1 is 1.13 bits per heavy atom. The van der Waals surface area contributed by atoms with E-state index in [-0.39, 0.29) is 5.69 Å². The van der Waals surface area contributed by atoms with Gasteiger partial charge in [-0.1, -0.05) is 0 Å². The Bertz CT molecular complexity index is 1120. The molecule has 0 atom stereocenters. The number of benzene rings is 2. The van der Waals surface area contributed by atoms with Crippen molar-refractivity contribution < 1.29 is 18.1 Å². The minimum absolute atomic E-state index is 0.129. The van der Waals surface area contributed by atoms with Crippen LogP contribution in [-0.2, 0) is 6.18 Å². The van der Waals surface area contributed by atoms with Crippen LogP contribution in [-0.4, -0.2) is 15.7 Å². The Morgan fingerprint density at radius 3 is 2.40 bits per heavy atom. The minimum Gasteiger partial charge on any atom is -0.318 e. The van der Waals surface area contributed by atoms with Crippen molar-refractivity contribution in [3.63, 3.8) is 0 Å². The summed E-state index contributed by atoms with van der Waals surface area (Å²) in [5.41, 5.74) is 4.18. The highest BCUT2D eigenvalue weighted by atomic mass is 127. The maximum absolute atomic E-state index is 12.8. The Kier molecular flexibility index (Phi) is 6.15. The van der Waals surface area contributed by atoms with E-state index in [1.807, 2.05) is 48.7 Å². The molecule has 6 nitrogen and oxygen atoms in total. The van der Waals surface area contributed by atoms with Gasteiger partial charge in [0.25, 0.3) is 5.69 Å². The van der Waals surface area contributed by atoms with Crippen LogP contribution in [0.25, 0.3) is 5.69 Å². The van der Waals surface area contributed by atoms with Crippen molar-refractivity contribution in [2.24, 2.45) is 5.10 Å². The number of nitrogens with zero attached hydrogens (tertiary/aromatic N) is 3. The van der Waals surface area contributed by atoms with Crippen molar-refractivity contribution in [1.82, 2.24) is 4.57 Å². The van der Waals surface area contributed by atoms with Crippen LogP contribution in [0.15, 0.2) is 53.6 Å². The predicted molar refractivity (Wildman–Crippen MR) is 117 cm³/mol. The second-order valence-corrected chi connectivity index (χ2v) is 7.74. The summed E-state index contributed by atoms with van der Waals surface area (Å²) in [5.74, 6) is 0. The standard InChI is InChI=1S/C20H16F3IN4O2/c1-12-9-14(13(2)27(12)17-6-4-16(24)5-7-17)11-25-26-18-8-3-15(20(21,22)23)10-19(18)28(29)30/h3-11,26H,1-2H3/b25-11-. The number of alkyl halides is 3. The van der Waals surface area contributed by atoms with Crippen LogP contribution in [0, 0.1) is 27.5 Å². The molecule has 0 fully saturated rings. The first-order valence-corrected chi connectivity index (χ1v) is 9.75. The van der Waals surface area contributed by atoms with Gasteiger partial charge in [0.2, 0.25) is 0 Å². The predicted octanol–water partition coefficient (Wildman–Crippen LogP) is 6.07. The van der Waals surface area contributed by atoms with Gasteiger partial charge in [-0.15, -0.1) is 0 Å². The van der Waals surface area contributed by atoms with E-state index in [0.717, 1.165) is 38.3 Å². The van der Waals surface area contributed by atoms with E-state index in [4.69, 9.17) is 0 Å². The Balaban J connectivity index is 1.87. The molecule has 1 aromatic heterocycles. The van der Waals surface area contributed by atoms with Crippen molar-refractivity contribution in [2.75, 3.05) is 5.43 Å². The molecule has 3 aromatic rings. The van der Waals surface area contributed by atoms with Crippen molar-refractivity contribution >= 4 is 40.2 Å². The van der Waals surface area contributed by atoms with Gasteiger partial charge in [-0.2, -0.15) is 18.3 Å². The lowest BCUT2D eigenvalue weighted by atomic mass is 10.1. The maximum Gasteiger partial charge on any atom is 0.416 e. The largest absolute Gasteiger partial charge is 0.416 e. The Hall–Kier alpha value is -2.89. The number of hydrogen-bond donors (Lipinski definition) is 1. The average molecular weight is 528 g/mol. The molecule has 30 heavy (non-hydrogen) atoms. The molecule has 0 unspecified atom stereocenters. The highest BCUT2D eigenvalue weighted by Gasteiger charge is 2.33. The van der Waals surface area contributed by atoms with Crippen LogP contribution in [0.2, 0.25) is 0 Å². The average Bonchev–Trinajstić information content (AvgIpc) is 2.95. The zero-order chi connectivity index (χ0) is 22.1. The number of hydrazone groups is 1. The lowest BCUT2D eigenvalue weighted by Crippen LogP contribution is -2.06. The van der Waals surface area contributed by atoms with E-state index in [1.165, 1.54) is 6.21 Å². The van der Waals surface area contributed by atoms with Gasteiger partial charge >= 0.3 is 6.18 Å². The first-order valence-electron chi connectivity index (χ1n) is 8.67. The molecule has 3 rings (SSSR count). The third-order valence-corrected chi connectivity index (χ3v) is 5.18. The summed E-state index contributed by atoms with van der Waals surface area (Å²) in [6, 6.07) is 12.1. The molecule has 1 heterocycles.